The van der Waals surface area contributed by atoms with Crippen LogP contribution in [-0.4, -0.2) is 23.2 Å². The van der Waals surface area contributed by atoms with Crippen molar-refractivity contribution in [1.82, 2.24) is 9.97 Å². The molecule has 2 heterocycles. The summed E-state index contributed by atoms with van der Waals surface area (Å²) in [5.74, 6) is 3.65. The fourth-order valence-electron chi connectivity index (χ4n) is 2.94. The first-order valence-corrected chi connectivity index (χ1v) is 9.08. The highest BCUT2D eigenvalue weighted by atomic mass is 16.6. The predicted molar refractivity (Wildman–Crippen MR) is 107 cm³/mol. The highest BCUT2D eigenvalue weighted by Gasteiger charge is 2.12. The SMILES string of the molecule is CCc1ccc(Nc2cc(Nc3ccc4c(c3)OCCO4)nc(C)n2)cc1. The Balaban J connectivity index is 1.53. The van der Waals surface area contributed by atoms with Gasteiger partial charge in [0.2, 0.25) is 0 Å². The lowest BCUT2D eigenvalue weighted by Gasteiger charge is -2.19. The van der Waals surface area contributed by atoms with Gasteiger partial charge < -0.3 is 20.1 Å². The maximum atomic E-state index is 5.64. The zero-order valence-electron chi connectivity index (χ0n) is 15.5. The molecule has 0 bridgehead atoms. The minimum atomic E-state index is 0.563. The Morgan fingerprint density at radius 3 is 2.15 bits per heavy atom. The summed E-state index contributed by atoms with van der Waals surface area (Å²) in [7, 11) is 0. The van der Waals surface area contributed by atoms with Crippen molar-refractivity contribution >= 4 is 23.0 Å². The quantitative estimate of drug-likeness (QED) is 0.691. The van der Waals surface area contributed by atoms with E-state index in [0.717, 1.165) is 35.1 Å². The van der Waals surface area contributed by atoms with Gasteiger partial charge in [0.15, 0.2) is 11.5 Å². The maximum absolute atomic E-state index is 5.64. The van der Waals surface area contributed by atoms with Crippen molar-refractivity contribution in [3.8, 4) is 11.5 Å². The van der Waals surface area contributed by atoms with E-state index in [4.69, 9.17) is 9.47 Å². The van der Waals surface area contributed by atoms with Gasteiger partial charge in [-0.1, -0.05) is 19.1 Å². The molecule has 0 aliphatic carbocycles. The number of hydrogen-bond donors (Lipinski definition) is 2. The van der Waals surface area contributed by atoms with E-state index in [2.05, 4.69) is 51.8 Å². The van der Waals surface area contributed by atoms with Gasteiger partial charge in [0.1, 0.15) is 30.7 Å². The van der Waals surface area contributed by atoms with E-state index >= 15 is 0 Å². The van der Waals surface area contributed by atoms with Gasteiger partial charge >= 0.3 is 0 Å². The second kappa shape index (κ2) is 7.53. The number of ether oxygens (including phenoxy) is 2. The Labute approximate surface area is 158 Å². The third-order valence-electron chi connectivity index (χ3n) is 4.29. The molecule has 0 unspecified atom stereocenters. The van der Waals surface area contributed by atoms with Crippen LogP contribution < -0.4 is 20.1 Å². The summed E-state index contributed by atoms with van der Waals surface area (Å²) in [5.41, 5.74) is 3.19. The fraction of sp³-hybridized carbons (Fsp3) is 0.238. The summed E-state index contributed by atoms with van der Waals surface area (Å²) in [6.45, 7) is 5.17. The largest absolute Gasteiger partial charge is 0.486 e. The molecule has 1 aliphatic heterocycles. The summed E-state index contributed by atoms with van der Waals surface area (Å²) >= 11 is 0. The zero-order chi connectivity index (χ0) is 18.6. The molecule has 6 nitrogen and oxygen atoms in total. The number of nitrogens with zero attached hydrogens (tertiary/aromatic N) is 2. The number of aromatic nitrogens is 2. The monoisotopic (exact) mass is 362 g/mol. The first-order chi connectivity index (χ1) is 13.2. The molecule has 0 saturated heterocycles. The Morgan fingerprint density at radius 1 is 0.815 bits per heavy atom. The van der Waals surface area contributed by atoms with Crippen LogP contribution in [0.15, 0.2) is 48.5 Å². The molecule has 2 N–H and O–H groups in total. The molecule has 27 heavy (non-hydrogen) atoms. The van der Waals surface area contributed by atoms with Crippen molar-refractivity contribution in [3.63, 3.8) is 0 Å². The molecule has 2 aromatic carbocycles. The lowest BCUT2D eigenvalue weighted by atomic mass is 10.1. The number of anilines is 4. The Kier molecular flexibility index (Phi) is 4.78. The Hall–Kier alpha value is -3.28. The summed E-state index contributed by atoms with van der Waals surface area (Å²) < 4.78 is 11.2. The van der Waals surface area contributed by atoms with Gasteiger partial charge in [-0.05, 0) is 43.2 Å². The van der Waals surface area contributed by atoms with Crippen LogP contribution in [0.2, 0.25) is 0 Å². The second-order valence-corrected chi connectivity index (χ2v) is 6.34. The van der Waals surface area contributed by atoms with Crippen LogP contribution in [0.25, 0.3) is 0 Å². The molecule has 138 valence electrons. The summed E-state index contributed by atoms with van der Waals surface area (Å²) in [5, 5.41) is 6.65. The third-order valence-corrected chi connectivity index (χ3v) is 4.29. The van der Waals surface area contributed by atoms with E-state index in [1.54, 1.807) is 0 Å². The molecule has 3 aromatic rings. The van der Waals surface area contributed by atoms with Crippen molar-refractivity contribution in [1.29, 1.82) is 0 Å². The lowest BCUT2D eigenvalue weighted by Crippen LogP contribution is -2.15. The molecule has 4 rings (SSSR count). The van der Waals surface area contributed by atoms with E-state index in [0.29, 0.717) is 24.9 Å². The number of hydrogen-bond acceptors (Lipinski definition) is 6. The number of rotatable bonds is 5. The van der Waals surface area contributed by atoms with E-state index in [1.807, 2.05) is 31.2 Å². The Morgan fingerprint density at radius 2 is 1.44 bits per heavy atom. The van der Waals surface area contributed by atoms with E-state index in [-0.39, 0.29) is 0 Å². The van der Waals surface area contributed by atoms with Crippen molar-refractivity contribution < 1.29 is 9.47 Å². The topological polar surface area (TPSA) is 68.3 Å². The highest BCUT2D eigenvalue weighted by molar-refractivity contribution is 5.65. The summed E-state index contributed by atoms with van der Waals surface area (Å²) in [6, 6.07) is 16.0. The lowest BCUT2D eigenvalue weighted by molar-refractivity contribution is 0.171. The van der Waals surface area contributed by atoms with Crippen molar-refractivity contribution in [2.24, 2.45) is 0 Å². The van der Waals surface area contributed by atoms with Crippen LogP contribution in [0.1, 0.15) is 18.3 Å². The van der Waals surface area contributed by atoms with Gasteiger partial charge in [0.25, 0.3) is 0 Å². The smallest absolute Gasteiger partial charge is 0.163 e. The first-order valence-electron chi connectivity index (χ1n) is 9.08. The Bertz CT molecular complexity index is 941. The maximum Gasteiger partial charge on any atom is 0.163 e. The molecule has 0 saturated carbocycles. The van der Waals surface area contributed by atoms with Gasteiger partial charge in [0, 0.05) is 23.5 Å². The minimum Gasteiger partial charge on any atom is -0.486 e. The normalized spacial score (nSPS) is 12.5. The average molecular weight is 362 g/mol. The molecule has 6 heteroatoms. The van der Waals surface area contributed by atoms with Crippen LogP contribution in [0.4, 0.5) is 23.0 Å². The average Bonchev–Trinajstić information content (AvgIpc) is 2.68. The molecule has 0 atom stereocenters. The van der Waals surface area contributed by atoms with Gasteiger partial charge in [-0.3, -0.25) is 0 Å². The molecule has 0 radical (unpaired) electrons. The third kappa shape index (κ3) is 4.11. The first kappa shape index (κ1) is 17.1. The van der Waals surface area contributed by atoms with E-state index in [9.17, 15) is 0 Å². The van der Waals surface area contributed by atoms with Crippen molar-refractivity contribution in [3.05, 3.63) is 59.9 Å². The van der Waals surface area contributed by atoms with Crippen LogP contribution in [0.3, 0.4) is 0 Å². The standard InChI is InChI=1S/C21H22N4O2/c1-3-15-4-6-16(7-5-15)24-20-13-21(23-14(2)22-20)25-17-8-9-18-19(12-17)27-11-10-26-18/h4-9,12-13H,3,10-11H2,1-2H3,(H2,22,23,24,25). The van der Waals surface area contributed by atoms with E-state index in [1.165, 1.54) is 5.56 Å². The number of aryl methyl sites for hydroxylation is 2. The number of benzene rings is 2. The van der Waals surface area contributed by atoms with E-state index < -0.39 is 0 Å². The van der Waals surface area contributed by atoms with Crippen LogP contribution in [0.5, 0.6) is 11.5 Å². The zero-order valence-corrected chi connectivity index (χ0v) is 15.5. The fourth-order valence-corrected chi connectivity index (χ4v) is 2.94. The van der Waals surface area contributed by atoms with Crippen molar-refractivity contribution in [2.45, 2.75) is 20.3 Å². The molecular formula is C21H22N4O2. The van der Waals surface area contributed by atoms with Gasteiger partial charge in [-0.2, -0.15) is 0 Å². The summed E-state index contributed by atoms with van der Waals surface area (Å²) in [4.78, 5) is 8.95. The van der Waals surface area contributed by atoms with Gasteiger partial charge in [-0.25, -0.2) is 9.97 Å². The van der Waals surface area contributed by atoms with Gasteiger partial charge in [0.05, 0.1) is 0 Å². The summed E-state index contributed by atoms with van der Waals surface area (Å²) in [6.07, 6.45) is 1.02. The number of fused-ring (bicyclic) bond motifs is 1. The van der Waals surface area contributed by atoms with Gasteiger partial charge in [-0.15, -0.1) is 0 Å². The molecule has 0 fully saturated rings. The predicted octanol–water partition coefficient (Wildman–Crippen LogP) is 4.61. The van der Waals surface area contributed by atoms with Crippen LogP contribution in [-0.2, 0) is 6.42 Å². The van der Waals surface area contributed by atoms with Crippen molar-refractivity contribution in [2.75, 3.05) is 23.8 Å². The van der Waals surface area contributed by atoms with Crippen LogP contribution in [0, 0.1) is 6.92 Å². The highest BCUT2D eigenvalue weighted by Crippen LogP contribution is 2.33. The molecule has 0 spiro atoms. The second-order valence-electron chi connectivity index (χ2n) is 6.34. The molecule has 0 amide bonds. The molecular weight excluding hydrogens is 340 g/mol. The van der Waals surface area contributed by atoms with Crippen LogP contribution >= 0.6 is 0 Å². The molecule has 1 aliphatic rings. The molecule has 1 aromatic heterocycles. The minimum absolute atomic E-state index is 0.563. The number of nitrogens with one attached hydrogen (secondary N) is 2.